The van der Waals surface area contributed by atoms with E-state index in [-0.39, 0.29) is 22.7 Å². The zero-order valence-corrected chi connectivity index (χ0v) is 14.5. The van der Waals surface area contributed by atoms with Crippen LogP contribution in [0.2, 0.25) is 0 Å². The van der Waals surface area contributed by atoms with Crippen molar-refractivity contribution in [3.05, 3.63) is 59.7 Å². The third-order valence-electron chi connectivity index (χ3n) is 3.90. The van der Waals surface area contributed by atoms with Crippen LogP contribution in [0.3, 0.4) is 0 Å². The molecule has 26 heavy (non-hydrogen) atoms. The second-order valence-corrected chi connectivity index (χ2v) is 7.29. The van der Waals surface area contributed by atoms with Gasteiger partial charge < -0.3 is 16.2 Å². The SMILES string of the molecule is Cc1ccc(C(=O)Nc2cc3cc(O)ccc3cc2S(=O)(=O)O)c(N)c1. The van der Waals surface area contributed by atoms with E-state index in [9.17, 15) is 22.9 Å². The molecule has 0 aliphatic carbocycles. The van der Waals surface area contributed by atoms with Crippen LogP contribution in [0, 0.1) is 6.92 Å². The normalized spacial score (nSPS) is 11.5. The maximum absolute atomic E-state index is 12.5. The first-order valence-corrected chi connectivity index (χ1v) is 9.01. The van der Waals surface area contributed by atoms with Crippen molar-refractivity contribution in [2.24, 2.45) is 0 Å². The lowest BCUT2D eigenvalue weighted by Gasteiger charge is -2.12. The minimum Gasteiger partial charge on any atom is -0.508 e. The Hall–Kier alpha value is -3.10. The van der Waals surface area contributed by atoms with E-state index < -0.39 is 20.9 Å². The van der Waals surface area contributed by atoms with Gasteiger partial charge in [0, 0.05) is 5.69 Å². The van der Waals surface area contributed by atoms with Crippen LogP contribution in [0.5, 0.6) is 5.75 Å². The highest BCUT2D eigenvalue weighted by Crippen LogP contribution is 2.30. The van der Waals surface area contributed by atoms with Crippen molar-refractivity contribution < 1.29 is 22.9 Å². The van der Waals surface area contributed by atoms with E-state index in [1.54, 1.807) is 12.1 Å². The zero-order valence-electron chi connectivity index (χ0n) is 13.7. The molecule has 1 amide bonds. The third kappa shape index (κ3) is 3.46. The van der Waals surface area contributed by atoms with E-state index in [2.05, 4.69) is 5.32 Å². The van der Waals surface area contributed by atoms with E-state index in [1.807, 2.05) is 6.92 Å². The monoisotopic (exact) mass is 372 g/mol. The van der Waals surface area contributed by atoms with Gasteiger partial charge in [-0.05, 0) is 59.7 Å². The fourth-order valence-corrected chi connectivity index (χ4v) is 3.32. The quantitative estimate of drug-likeness (QED) is 0.413. The number of nitrogens with two attached hydrogens (primary N) is 1. The summed E-state index contributed by atoms with van der Waals surface area (Å²) in [4.78, 5) is 12.1. The first-order valence-electron chi connectivity index (χ1n) is 7.57. The Morgan fingerprint density at radius 3 is 2.42 bits per heavy atom. The highest BCUT2D eigenvalue weighted by Gasteiger charge is 2.20. The summed E-state index contributed by atoms with van der Waals surface area (Å²) in [5.41, 5.74) is 7.03. The Bertz CT molecular complexity index is 1140. The summed E-state index contributed by atoms with van der Waals surface area (Å²) >= 11 is 0. The van der Waals surface area contributed by atoms with E-state index in [1.165, 1.54) is 36.4 Å². The molecule has 0 saturated heterocycles. The molecule has 0 atom stereocenters. The molecule has 0 radical (unpaired) electrons. The van der Waals surface area contributed by atoms with Gasteiger partial charge in [0.05, 0.1) is 11.3 Å². The van der Waals surface area contributed by atoms with Gasteiger partial charge in [0.1, 0.15) is 10.6 Å². The molecule has 0 aliphatic heterocycles. The smallest absolute Gasteiger partial charge is 0.296 e. The lowest BCUT2D eigenvalue weighted by molar-refractivity contribution is 0.102. The van der Waals surface area contributed by atoms with Gasteiger partial charge in [-0.25, -0.2) is 0 Å². The fourth-order valence-electron chi connectivity index (χ4n) is 2.65. The molecule has 0 bridgehead atoms. The number of benzene rings is 3. The number of hydrogen-bond acceptors (Lipinski definition) is 5. The molecule has 0 heterocycles. The zero-order chi connectivity index (χ0) is 19.1. The van der Waals surface area contributed by atoms with E-state index in [0.717, 1.165) is 5.56 Å². The number of amides is 1. The van der Waals surface area contributed by atoms with Crippen molar-refractivity contribution in [2.75, 3.05) is 11.1 Å². The average Bonchev–Trinajstić information content (AvgIpc) is 2.52. The number of fused-ring (bicyclic) bond motifs is 1. The predicted molar refractivity (Wildman–Crippen MR) is 99.0 cm³/mol. The number of rotatable bonds is 3. The number of aromatic hydroxyl groups is 1. The van der Waals surface area contributed by atoms with Crippen LogP contribution in [0.1, 0.15) is 15.9 Å². The van der Waals surface area contributed by atoms with Crippen molar-refractivity contribution in [1.29, 1.82) is 0 Å². The minimum absolute atomic E-state index is 0.0165. The largest absolute Gasteiger partial charge is 0.508 e. The number of nitrogen functional groups attached to an aromatic ring is 1. The van der Waals surface area contributed by atoms with Gasteiger partial charge in [-0.3, -0.25) is 9.35 Å². The molecular weight excluding hydrogens is 356 g/mol. The number of nitrogens with one attached hydrogen (secondary N) is 1. The Labute approximate surface area is 149 Å². The molecule has 8 heteroatoms. The van der Waals surface area contributed by atoms with Gasteiger partial charge in [-0.2, -0.15) is 8.42 Å². The van der Waals surface area contributed by atoms with Crippen molar-refractivity contribution >= 4 is 38.2 Å². The lowest BCUT2D eigenvalue weighted by atomic mass is 10.1. The van der Waals surface area contributed by atoms with Crippen molar-refractivity contribution in [1.82, 2.24) is 0 Å². The Morgan fingerprint density at radius 2 is 1.77 bits per heavy atom. The molecule has 3 rings (SSSR count). The van der Waals surface area contributed by atoms with Crippen molar-refractivity contribution in [2.45, 2.75) is 11.8 Å². The molecular formula is C18H16N2O5S. The van der Waals surface area contributed by atoms with Crippen LogP contribution in [0.25, 0.3) is 10.8 Å². The first kappa shape index (κ1) is 17.7. The summed E-state index contributed by atoms with van der Waals surface area (Å²) in [6.45, 7) is 1.82. The van der Waals surface area contributed by atoms with Crippen LogP contribution in [-0.2, 0) is 10.1 Å². The number of carbonyl (C=O) groups excluding carboxylic acids is 1. The maximum atomic E-state index is 12.5. The molecule has 0 unspecified atom stereocenters. The molecule has 3 aromatic carbocycles. The summed E-state index contributed by atoms with van der Waals surface area (Å²) in [5.74, 6) is -0.635. The standard InChI is InChI=1S/C18H16N2O5S/c1-10-2-5-14(15(19)6-10)18(22)20-16-8-12-7-13(21)4-3-11(12)9-17(16)26(23,24)25/h2-9,21H,19H2,1H3,(H,20,22)(H,23,24,25). The molecule has 134 valence electrons. The second-order valence-electron chi connectivity index (χ2n) is 5.90. The van der Waals surface area contributed by atoms with Gasteiger partial charge in [0.2, 0.25) is 0 Å². The first-order chi connectivity index (χ1) is 12.1. The summed E-state index contributed by atoms with van der Waals surface area (Å²) in [5, 5.41) is 13.0. The molecule has 0 fully saturated rings. The third-order valence-corrected chi connectivity index (χ3v) is 4.79. The number of anilines is 2. The molecule has 7 nitrogen and oxygen atoms in total. The predicted octanol–water partition coefficient (Wildman–Crippen LogP) is 2.94. The Morgan fingerprint density at radius 1 is 1.04 bits per heavy atom. The van der Waals surface area contributed by atoms with Crippen LogP contribution >= 0.6 is 0 Å². The van der Waals surface area contributed by atoms with E-state index >= 15 is 0 Å². The summed E-state index contributed by atoms with van der Waals surface area (Å²) in [6.07, 6.45) is 0. The van der Waals surface area contributed by atoms with E-state index in [4.69, 9.17) is 5.73 Å². The second kappa shape index (κ2) is 6.32. The summed E-state index contributed by atoms with van der Waals surface area (Å²) in [7, 11) is -4.59. The number of phenols is 1. The fraction of sp³-hybridized carbons (Fsp3) is 0.0556. The summed E-state index contributed by atoms with van der Waals surface area (Å²) in [6, 6.07) is 11.7. The average molecular weight is 372 g/mol. The van der Waals surface area contributed by atoms with Gasteiger partial charge in [-0.15, -0.1) is 0 Å². The number of hydrogen-bond donors (Lipinski definition) is 4. The van der Waals surface area contributed by atoms with Gasteiger partial charge in [-0.1, -0.05) is 12.1 Å². The maximum Gasteiger partial charge on any atom is 0.296 e. The molecule has 0 spiro atoms. The molecule has 0 aliphatic rings. The highest BCUT2D eigenvalue weighted by molar-refractivity contribution is 7.86. The molecule has 5 N–H and O–H groups in total. The molecule has 3 aromatic rings. The van der Waals surface area contributed by atoms with Crippen molar-refractivity contribution in [3.8, 4) is 5.75 Å². The van der Waals surface area contributed by atoms with Crippen LogP contribution in [0.15, 0.2) is 53.4 Å². The van der Waals surface area contributed by atoms with Crippen molar-refractivity contribution in [3.63, 3.8) is 0 Å². The Kier molecular flexibility index (Phi) is 4.31. The van der Waals surface area contributed by atoms with Gasteiger partial charge in [0.25, 0.3) is 16.0 Å². The van der Waals surface area contributed by atoms with Crippen LogP contribution < -0.4 is 11.1 Å². The summed E-state index contributed by atoms with van der Waals surface area (Å²) < 4.78 is 33.0. The topological polar surface area (TPSA) is 130 Å². The number of phenolic OH excluding ortho intramolecular Hbond substituents is 1. The molecule has 0 saturated carbocycles. The van der Waals surface area contributed by atoms with E-state index in [0.29, 0.717) is 10.8 Å². The van der Waals surface area contributed by atoms with Gasteiger partial charge >= 0.3 is 0 Å². The van der Waals surface area contributed by atoms with Crippen LogP contribution in [0.4, 0.5) is 11.4 Å². The van der Waals surface area contributed by atoms with Gasteiger partial charge in [0.15, 0.2) is 0 Å². The molecule has 0 aromatic heterocycles. The lowest BCUT2D eigenvalue weighted by Crippen LogP contribution is -2.16. The van der Waals surface area contributed by atoms with Crippen LogP contribution in [-0.4, -0.2) is 24.0 Å². The Balaban J connectivity index is 2.11. The number of carbonyl (C=O) groups is 1. The highest BCUT2D eigenvalue weighted by atomic mass is 32.2. The minimum atomic E-state index is -4.59. The number of aryl methyl sites for hydroxylation is 1.